The van der Waals surface area contributed by atoms with Crippen molar-refractivity contribution in [3.8, 4) is 0 Å². The first-order chi connectivity index (χ1) is 5.61. The Hall–Kier alpha value is -0.780. The monoisotopic (exact) mass is 214 g/mol. The van der Waals surface area contributed by atoms with E-state index in [0.717, 1.165) is 12.1 Å². The number of hydrogen-bond donors (Lipinski definition) is 2. The van der Waals surface area contributed by atoms with E-state index in [-0.39, 0.29) is 12.4 Å². The van der Waals surface area contributed by atoms with E-state index in [0.29, 0.717) is 0 Å². The van der Waals surface area contributed by atoms with Crippen LogP contribution in [0.1, 0.15) is 5.56 Å². The summed E-state index contributed by atoms with van der Waals surface area (Å²) in [6, 6.07) is 6.36. The van der Waals surface area contributed by atoms with E-state index >= 15 is 0 Å². The van der Waals surface area contributed by atoms with E-state index in [9.17, 15) is 13.2 Å². The van der Waals surface area contributed by atoms with E-state index in [4.69, 9.17) is 0 Å². The molecule has 0 saturated heterocycles. The minimum atomic E-state index is -4.21. The second-order valence-corrected chi connectivity index (χ2v) is 1.86. The van der Waals surface area contributed by atoms with Crippen LogP contribution >= 0.6 is 12.4 Å². The Kier molecular flexibility index (Phi) is 7.60. The van der Waals surface area contributed by atoms with Crippen molar-refractivity contribution in [1.29, 1.82) is 0 Å². The summed E-state index contributed by atoms with van der Waals surface area (Å²) in [6.07, 6.45) is -4.21. The zero-order valence-corrected chi connectivity index (χ0v) is 7.40. The molecule has 0 aliphatic heterocycles. The first kappa shape index (κ1) is 14.7. The Morgan fingerprint density at radius 1 is 0.923 bits per heavy atom. The molecule has 0 atom stereocenters. The Bertz CT molecular complexity index is 213. The summed E-state index contributed by atoms with van der Waals surface area (Å²) >= 11 is 0. The van der Waals surface area contributed by atoms with Crippen molar-refractivity contribution in [3.05, 3.63) is 35.9 Å². The lowest BCUT2D eigenvalue weighted by Gasteiger charge is -2.03. The molecule has 1 rings (SSSR count). The number of nitrogens with two attached hydrogens (primary N) is 2. The SMILES string of the molecule is Cl.FC(F)(F)c1ccccc1.NN. The highest BCUT2D eigenvalue weighted by Gasteiger charge is 2.29. The molecule has 6 heteroatoms. The quantitative estimate of drug-likeness (QED) is 0.512. The third-order valence-electron chi connectivity index (χ3n) is 1.10. The molecule has 13 heavy (non-hydrogen) atoms. The Labute approximate surface area is 80.1 Å². The summed E-state index contributed by atoms with van der Waals surface area (Å²) in [5, 5.41) is 0. The van der Waals surface area contributed by atoms with Crippen LogP contribution in [-0.2, 0) is 6.18 Å². The maximum Gasteiger partial charge on any atom is 0.416 e. The molecule has 1 aromatic carbocycles. The van der Waals surface area contributed by atoms with Gasteiger partial charge in [0.2, 0.25) is 0 Å². The second kappa shape index (κ2) is 6.71. The molecule has 0 radical (unpaired) electrons. The van der Waals surface area contributed by atoms with Crippen LogP contribution in [-0.4, -0.2) is 0 Å². The average Bonchev–Trinajstić information content (AvgIpc) is 2.08. The lowest BCUT2D eigenvalue weighted by atomic mass is 10.2. The van der Waals surface area contributed by atoms with Gasteiger partial charge in [0.05, 0.1) is 5.56 Å². The number of hydrazine groups is 1. The van der Waals surface area contributed by atoms with Crippen molar-refractivity contribution < 1.29 is 13.2 Å². The van der Waals surface area contributed by atoms with Gasteiger partial charge in [0.15, 0.2) is 0 Å². The van der Waals surface area contributed by atoms with E-state index < -0.39 is 11.7 Å². The minimum Gasteiger partial charge on any atom is -0.274 e. The fraction of sp³-hybridized carbons (Fsp3) is 0.143. The van der Waals surface area contributed by atoms with Crippen LogP contribution in [0, 0.1) is 0 Å². The van der Waals surface area contributed by atoms with E-state index in [1.807, 2.05) is 0 Å². The molecular weight excluding hydrogens is 205 g/mol. The van der Waals surface area contributed by atoms with E-state index in [1.165, 1.54) is 12.1 Å². The summed E-state index contributed by atoms with van der Waals surface area (Å²) in [5.74, 6) is 8.00. The van der Waals surface area contributed by atoms with Gasteiger partial charge in [-0.05, 0) is 0 Å². The summed E-state index contributed by atoms with van der Waals surface area (Å²) in [7, 11) is 0. The van der Waals surface area contributed by atoms with Gasteiger partial charge >= 0.3 is 6.18 Å². The highest BCUT2D eigenvalue weighted by molar-refractivity contribution is 5.85. The molecule has 0 aliphatic rings. The summed E-state index contributed by atoms with van der Waals surface area (Å²) < 4.78 is 35.4. The maximum absolute atomic E-state index is 11.8. The van der Waals surface area contributed by atoms with Crippen LogP contribution < -0.4 is 11.7 Å². The predicted molar refractivity (Wildman–Crippen MR) is 47.1 cm³/mol. The molecule has 0 unspecified atom stereocenters. The zero-order valence-electron chi connectivity index (χ0n) is 6.58. The van der Waals surface area contributed by atoms with Crippen molar-refractivity contribution in [2.45, 2.75) is 6.18 Å². The Morgan fingerprint density at radius 2 is 1.31 bits per heavy atom. The normalized spacial score (nSPS) is 9.31. The van der Waals surface area contributed by atoms with Gasteiger partial charge in [-0.3, -0.25) is 11.7 Å². The van der Waals surface area contributed by atoms with E-state index in [1.54, 1.807) is 6.07 Å². The van der Waals surface area contributed by atoms with Gasteiger partial charge in [0.1, 0.15) is 0 Å². The van der Waals surface area contributed by atoms with Gasteiger partial charge in [-0.2, -0.15) is 13.2 Å². The van der Waals surface area contributed by atoms with Crippen LogP contribution in [0.5, 0.6) is 0 Å². The molecular formula is C7H10ClF3N2. The number of rotatable bonds is 0. The molecule has 0 amide bonds. The fourth-order valence-electron chi connectivity index (χ4n) is 0.627. The Morgan fingerprint density at radius 3 is 1.54 bits per heavy atom. The van der Waals surface area contributed by atoms with Crippen LogP contribution in [0.2, 0.25) is 0 Å². The van der Waals surface area contributed by atoms with Gasteiger partial charge < -0.3 is 0 Å². The molecule has 0 heterocycles. The number of hydrogen-bond acceptors (Lipinski definition) is 2. The summed E-state index contributed by atoms with van der Waals surface area (Å²) in [6.45, 7) is 0. The Balaban J connectivity index is 0. The molecule has 0 aliphatic carbocycles. The highest BCUT2D eigenvalue weighted by Crippen LogP contribution is 2.28. The standard InChI is InChI=1S/C7H5F3.ClH.H4N2/c8-7(9,10)6-4-2-1-3-5-6;;1-2/h1-5H;1H;1-2H2. The van der Waals surface area contributed by atoms with Crippen molar-refractivity contribution >= 4 is 12.4 Å². The molecule has 76 valence electrons. The molecule has 2 nitrogen and oxygen atoms in total. The van der Waals surface area contributed by atoms with Gasteiger partial charge in [0.25, 0.3) is 0 Å². The third kappa shape index (κ3) is 5.46. The lowest BCUT2D eigenvalue weighted by Crippen LogP contribution is -2.03. The van der Waals surface area contributed by atoms with Crippen LogP contribution in [0.25, 0.3) is 0 Å². The van der Waals surface area contributed by atoms with Gasteiger partial charge in [0, 0.05) is 0 Å². The smallest absolute Gasteiger partial charge is 0.274 e. The molecule has 0 bridgehead atoms. The summed E-state index contributed by atoms with van der Waals surface area (Å²) in [5.41, 5.74) is -0.602. The predicted octanol–water partition coefficient (Wildman–Crippen LogP) is 1.95. The molecule has 0 fully saturated rings. The number of halogens is 4. The minimum absolute atomic E-state index is 0. The van der Waals surface area contributed by atoms with Crippen molar-refractivity contribution in [2.24, 2.45) is 11.7 Å². The maximum atomic E-state index is 11.8. The first-order valence-corrected chi connectivity index (χ1v) is 3.06. The topological polar surface area (TPSA) is 52.0 Å². The van der Waals surface area contributed by atoms with Gasteiger partial charge in [-0.15, -0.1) is 12.4 Å². The van der Waals surface area contributed by atoms with E-state index in [2.05, 4.69) is 11.7 Å². The molecule has 0 spiro atoms. The zero-order chi connectivity index (χ0) is 9.61. The first-order valence-electron chi connectivity index (χ1n) is 3.06. The van der Waals surface area contributed by atoms with Gasteiger partial charge in [-0.25, -0.2) is 0 Å². The van der Waals surface area contributed by atoms with Crippen LogP contribution in [0.15, 0.2) is 30.3 Å². The number of benzene rings is 1. The highest BCUT2D eigenvalue weighted by atomic mass is 35.5. The third-order valence-corrected chi connectivity index (χ3v) is 1.10. The molecule has 0 aromatic heterocycles. The molecule has 0 saturated carbocycles. The molecule has 4 N–H and O–H groups in total. The lowest BCUT2D eigenvalue weighted by molar-refractivity contribution is -0.137. The fourth-order valence-corrected chi connectivity index (χ4v) is 0.627. The van der Waals surface area contributed by atoms with Crippen molar-refractivity contribution in [3.63, 3.8) is 0 Å². The largest absolute Gasteiger partial charge is 0.416 e. The van der Waals surface area contributed by atoms with Crippen molar-refractivity contribution in [1.82, 2.24) is 0 Å². The second-order valence-electron chi connectivity index (χ2n) is 1.86. The van der Waals surface area contributed by atoms with Crippen LogP contribution in [0.4, 0.5) is 13.2 Å². The molecule has 1 aromatic rings. The van der Waals surface area contributed by atoms with Crippen molar-refractivity contribution in [2.75, 3.05) is 0 Å². The number of alkyl halides is 3. The van der Waals surface area contributed by atoms with Gasteiger partial charge in [-0.1, -0.05) is 30.3 Å². The van der Waals surface area contributed by atoms with Crippen LogP contribution in [0.3, 0.4) is 0 Å². The summed E-state index contributed by atoms with van der Waals surface area (Å²) in [4.78, 5) is 0. The average molecular weight is 215 g/mol.